The van der Waals surface area contributed by atoms with E-state index in [4.69, 9.17) is 0 Å². The van der Waals surface area contributed by atoms with Crippen LogP contribution in [0.2, 0.25) is 0 Å². The minimum absolute atomic E-state index is 0.122. The van der Waals surface area contributed by atoms with Gasteiger partial charge in [0, 0.05) is 24.0 Å². The number of hydrogen-bond acceptors (Lipinski definition) is 5. The smallest absolute Gasteiger partial charge is 0.289 e. The van der Waals surface area contributed by atoms with E-state index in [9.17, 15) is 4.79 Å². The molecule has 0 unspecified atom stereocenters. The molecule has 0 amide bonds. The average molecular weight is 296 g/mol. The molecular formula is C15H16N6O. The van der Waals surface area contributed by atoms with Gasteiger partial charge in [0.05, 0.1) is 11.9 Å². The lowest BCUT2D eigenvalue weighted by Crippen LogP contribution is -2.24. The third-order valence-electron chi connectivity index (χ3n) is 4.22. The Bertz CT molecular complexity index is 847. The van der Waals surface area contributed by atoms with Gasteiger partial charge in [-0.05, 0) is 12.8 Å². The second kappa shape index (κ2) is 5.32. The predicted octanol–water partition coefficient (Wildman–Crippen LogP) is 2.08. The Balaban J connectivity index is 1.86. The van der Waals surface area contributed by atoms with Crippen molar-refractivity contribution in [2.24, 2.45) is 0 Å². The van der Waals surface area contributed by atoms with Crippen LogP contribution in [0.1, 0.15) is 38.1 Å². The summed E-state index contributed by atoms with van der Waals surface area (Å²) in [6.45, 7) is 0. The summed E-state index contributed by atoms with van der Waals surface area (Å²) in [5, 5.41) is 0. The van der Waals surface area contributed by atoms with E-state index in [0.717, 1.165) is 31.2 Å². The zero-order chi connectivity index (χ0) is 14.9. The Morgan fingerprint density at radius 2 is 1.86 bits per heavy atom. The van der Waals surface area contributed by atoms with Crippen LogP contribution in [0, 0.1) is 0 Å². The van der Waals surface area contributed by atoms with Crippen LogP contribution in [-0.4, -0.2) is 29.5 Å². The number of imidazole rings is 1. The molecule has 3 heterocycles. The highest BCUT2D eigenvalue weighted by Gasteiger charge is 2.21. The summed E-state index contributed by atoms with van der Waals surface area (Å²) < 4.78 is 1.77. The van der Waals surface area contributed by atoms with Crippen molar-refractivity contribution < 1.29 is 0 Å². The van der Waals surface area contributed by atoms with Gasteiger partial charge < -0.3 is 0 Å². The number of rotatable bonds is 2. The molecular weight excluding hydrogens is 280 g/mol. The molecule has 1 saturated carbocycles. The zero-order valence-electron chi connectivity index (χ0n) is 12.1. The lowest BCUT2D eigenvalue weighted by atomic mass is 9.95. The Kier molecular flexibility index (Phi) is 3.17. The number of nitrogens with zero attached hydrogens (tertiary/aromatic N) is 5. The van der Waals surface area contributed by atoms with E-state index in [1.807, 2.05) is 0 Å². The molecule has 0 radical (unpaired) electrons. The number of aromatic nitrogens is 6. The molecule has 1 fully saturated rings. The molecule has 1 aliphatic rings. The molecule has 3 aromatic rings. The SMILES string of the molecule is O=c1[nH]c2ncc(-c3cncnc3)nc2n1C1CCCCC1. The van der Waals surface area contributed by atoms with Crippen molar-refractivity contribution in [2.75, 3.05) is 0 Å². The summed E-state index contributed by atoms with van der Waals surface area (Å²) >= 11 is 0. The first kappa shape index (κ1) is 13.1. The van der Waals surface area contributed by atoms with Gasteiger partial charge in [0.25, 0.3) is 0 Å². The Morgan fingerprint density at radius 3 is 2.64 bits per heavy atom. The highest BCUT2D eigenvalue weighted by atomic mass is 16.1. The molecule has 4 rings (SSSR count). The van der Waals surface area contributed by atoms with E-state index in [-0.39, 0.29) is 11.7 Å². The van der Waals surface area contributed by atoms with Gasteiger partial charge in [-0.2, -0.15) is 0 Å². The van der Waals surface area contributed by atoms with Crippen molar-refractivity contribution in [2.45, 2.75) is 38.1 Å². The molecule has 112 valence electrons. The topological polar surface area (TPSA) is 89.3 Å². The zero-order valence-corrected chi connectivity index (χ0v) is 12.1. The van der Waals surface area contributed by atoms with Gasteiger partial charge in [-0.3, -0.25) is 9.55 Å². The molecule has 7 heteroatoms. The minimum atomic E-state index is -0.122. The summed E-state index contributed by atoms with van der Waals surface area (Å²) in [6, 6.07) is 0.214. The second-order valence-electron chi connectivity index (χ2n) is 5.65. The average Bonchev–Trinajstić information content (AvgIpc) is 2.91. The first-order valence-electron chi connectivity index (χ1n) is 7.55. The lowest BCUT2D eigenvalue weighted by Gasteiger charge is -2.22. The number of fused-ring (bicyclic) bond motifs is 1. The van der Waals surface area contributed by atoms with E-state index in [1.165, 1.54) is 12.7 Å². The van der Waals surface area contributed by atoms with Gasteiger partial charge in [-0.25, -0.2) is 24.7 Å². The van der Waals surface area contributed by atoms with Crippen LogP contribution in [0.3, 0.4) is 0 Å². The fourth-order valence-electron chi connectivity index (χ4n) is 3.14. The van der Waals surface area contributed by atoms with Crippen LogP contribution in [0.5, 0.6) is 0 Å². The highest BCUT2D eigenvalue weighted by Crippen LogP contribution is 2.29. The van der Waals surface area contributed by atoms with E-state index in [2.05, 4.69) is 24.9 Å². The van der Waals surface area contributed by atoms with Crippen LogP contribution >= 0.6 is 0 Å². The molecule has 0 bridgehead atoms. The third-order valence-corrected chi connectivity index (χ3v) is 4.22. The molecule has 7 nitrogen and oxygen atoms in total. The third kappa shape index (κ3) is 2.18. The minimum Gasteiger partial charge on any atom is -0.289 e. The normalized spacial score (nSPS) is 16.2. The number of nitrogens with one attached hydrogen (secondary N) is 1. The lowest BCUT2D eigenvalue weighted by molar-refractivity contribution is 0.352. The molecule has 0 saturated heterocycles. The molecule has 0 aromatic carbocycles. The fourth-order valence-corrected chi connectivity index (χ4v) is 3.14. The first-order valence-corrected chi connectivity index (χ1v) is 7.55. The van der Waals surface area contributed by atoms with Crippen LogP contribution in [-0.2, 0) is 0 Å². The van der Waals surface area contributed by atoms with Gasteiger partial charge in [0.1, 0.15) is 6.33 Å². The highest BCUT2D eigenvalue weighted by molar-refractivity contribution is 5.70. The van der Waals surface area contributed by atoms with Gasteiger partial charge in [-0.1, -0.05) is 19.3 Å². The van der Waals surface area contributed by atoms with Crippen LogP contribution < -0.4 is 5.69 Å². The van der Waals surface area contributed by atoms with Gasteiger partial charge >= 0.3 is 5.69 Å². The van der Waals surface area contributed by atoms with Crippen LogP contribution in [0.25, 0.3) is 22.6 Å². The number of H-pyrrole nitrogens is 1. The monoisotopic (exact) mass is 296 g/mol. The maximum atomic E-state index is 12.3. The van der Waals surface area contributed by atoms with E-state index in [0.29, 0.717) is 17.0 Å². The maximum Gasteiger partial charge on any atom is 0.329 e. The Hall–Kier alpha value is -2.57. The molecule has 22 heavy (non-hydrogen) atoms. The molecule has 0 spiro atoms. The molecule has 0 atom stereocenters. The molecule has 0 aliphatic heterocycles. The first-order chi connectivity index (χ1) is 10.8. The number of hydrogen-bond donors (Lipinski definition) is 1. The van der Waals surface area contributed by atoms with Crippen LogP contribution in [0.4, 0.5) is 0 Å². The van der Waals surface area contributed by atoms with Gasteiger partial charge in [-0.15, -0.1) is 0 Å². The number of aromatic amines is 1. The fraction of sp³-hybridized carbons (Fsp3) is 0.400. The molecule has 1 N–H and O–H groups in total. The summed E-state index contributed by atoms with van der Waals surface area (Å²) in [4.78, 5) is 32.1. The van der Waals surface area contributed by atoms with Crippen molar-refractivity contribution >= 4 is 11.3 Å². The predicted molar refractivity (Wildman–Crippen MR) is 81.3 cm³/mol. The summed E-state index contributed by atoms with van der Waals surface area (Å²) in [6.07, 6.45) is 12.1. The van der Waals surface area contributed by atoms with Gasteiger partial charge in [0.2, 0.25) is 0 Å². The summed E-state index contributed by atoms with van der Waals surface area (Å²) in [5.74, 6) is 0. The summed E-state index contributed by atoms with van der Waals surface area (Å²) in [7, 11) is 0. The Labute approximate surface area is 126 Å². The van der Waals surface area contributed by atoms with Crippen molar-refractivity contribution in [3.8, 4) is 11.3 Å². The standard InChI is InChI=1S/C15H16N6O/c22-15-20-13-14(21(15)11-4-2-1-3-5-11)19-12(8-18-13)10-6-16-9-17-7-10/h6-9,11H,1-5H2,(H,18,20,22). The molecule has 3 aromatic heterocycles. The largest absolute Gasteiger partial charge is 0.329 e. The van der Waals surface area contributed by atoms with E-state index >= 15 is 0 Å². The van der Waals surface area contributed by atoms with E-state index < -0.39 is 0 Å². The van der Waals surface area contributed by atoms with E-state index in [1.54, 1.807) is 23.2 Å². The van der Waals surface area contributed by atoms with Crippen molar-refractivity contribution in [3.05, 3.63) is 35.4 Å². The Morgan fingerprint density at radius 1 is 1.09 bits per heavy atom. The van der Waals surface area contributed by atoms with Gasteiger partial charge in [0.15, 0.2) is 11.3 Å². The van der Waals surface area contributed by atoms with Crippen molar-refractivity contribution in [1.82, 2.24) is 29.5 Å². The van der Waals surface area contributed by atoms with Crippen LogP contribution in [0.15, 0.2) is 29.7 Å². The van der Waals surface area contributed by atoms with Crippen molar-refractivity contribution in [1.29, 1.82) is 0 Å². The second-order valence-corrected chi connectivity index (χ2v) is 5.65. The maximum absolute atomic E-state index is 12.3. The molecule has 1 aliphatic carbocycles. The quantitative estimate of drug-likeness (QED) is 0.782. The summed E-state index contributed by atoms with van der Waals surface area (Å²) in [5.41, 5.74) is 2.51. The van der Waals surface area contributed by atoms with Crippen molar-refractivity contribution in [3.63, 3.8) is 0 Å².